The number of rotatable bonds is 8. The SMILES string of the molecule is COc1ccc2c(c1)c(C(=O)C(=O)Nc1ccnc(OC)c1)c(C)n2Cc1ccc(S(C)=O)cc1. The Labute approximate surface area is 205 Å². The van der Waals surface area contributed by atoms with Gasteiger partial charge in [-0.2, -0.15) is 0 Å². The second-order valence-corrected chi connectivity index (χ2v) is 9.28. The number of ketones is 1. The number of nitrogens with one attached hydrogen (secondary N) is 1. The maximum atomic E-state index is 13.4. The number of benzene rings is 2. The van der Waals surface area contributed by atoms with Crippen LogP contribution in [0.2, 0.25) is 0 Å². The van der Waals surface area contributed by atoms with Crippen LogP contribution in [0.1, 0.15) is 21.6 Å². The van der Waals surface area contributed by atoms with E-state index in [1.54, 1.807) is 25.5 Å². The van der Waals surface area contributed by atoms with Crippen molar-refractivity contribution < 1.29 is 23.3 Å². The van der Waals surface area contributed by atoms with Crippen LogP contribution in [0.3, 0.4) is 0 Å². The average molecular weight is 492 g/mol. The summed E-state index contributed by atoms with van der Waals surface area (Å²) < 4.78 is 24.2. The van der Waals surface area contributed by atoms with Crippen molar-refractivity contribution in [2.24, 2.45) is 0 Å². The lowest BCUT2D eigenvalue weighted by atomic mass is 10.1. The van der Waals surface area contributed by atoms with Crippen molar-refractivity contribution in [1.29, 1.82) is 0 Å². The van der Waals surface area contributed by atoms with Crippen molar-refractivity contribution >= 4 is 39.1 Å². The van der Waals surface area contributed by atoms with E-state index in [1.165, 1.54) is 19.4 Å². The summed E-state index contributed by atoms with van der Waals surface area (Å²) in [4.78, 5) is 31.1. The Morgan fingerprint density at radius 2 is 1.77 bits per heavy atom. The van der Waals surface area contributed by atoms with E-state index in [0.29, 0.717) is 40.5 Å². The van der Waals surface area contributed by atoms with Gasteiger partial charge in [0.25, 0.3) is 11.7 Å². The zero-order valence-electron chi connectivity index (χ0n) is 19.8. The molecular weight excluding hydrogens is 466 g/mol. The highest BCUT2D eigenvalue weighted by atomic mass is 32.2. The first kappa shape index (κ1) is 24.2. The smallest absolute Gasteiger partial charge is 0.296 e. The van der Waals surface area contributed by atoms with Gasteiger partial charge in [-0.25, -0.2) is 4.98 Å². The minimum atomic E-state index is -1.06. The summed E-state index contributed by atoms with van der Waals surface area (Å²) in [7, 11) is 1.96. The van der Waals surface area contributed by atoms with Crippen LogP contribution in [0, 0.1) is 6.92 Å². The summed E-state index contributed by atoms with van der Waals surface area (Å²) >= 11 is 0. The normalized spacial score (nSPS) is 11.8. The van der Waals surface area contributed by atoms with Crippen LogP contribution in [-0.2, 0) is 22.1 Å². The molecular formula is C26H25N3O5S. The zero-order chi connectivity index (χ0) is 25.1. The van der Waals surface area contributed by atoms with Gasteiger partial charge in [-0.1, -0.05) is 12.1 Å². The maximum Gasteiger partial charge on any atom is 0.296 e. The van der Waals surface area contributed by atoms with E-state index in [9.17, 15) is 13.8 Å². The molecule has 0 saturated carbocycles. The molecule has 4 aromatic rings. The summed E-state index contributed by atoms with van der Waals surface area (Å²) in [5.74, 6) is -0.520. The van der Waals surface area contributed by atoms with Crippen molar-refractivity contribution in [3.63, 3.8) is 0 Å². The number of carbonyl (C=O) groups excluding carboxylic acids is 2. The van der Waals surface area contributed by atoms with Gasteiger partial charge < -0.3 is 19.4 Å². The molecule has 35 heavy (non-hydrogen) atoms. The molecule has 2 aromatic heterocycles. The van der Waals surface area contributed by atoms with Gasteiger partial charge in [-0.05, 0) is 48.9 Å². The van der Waals surface area contributed by atoms with E-state index < -0.39 is 22.5 Å². The third-order valence-corrected chi connectivity index (χ3v) is 6.70. The molecule has 0 saturated heterocycles. The van der Waals surface area contributed by atoms with Crippen LogP contribution in [0.25, 0.3) is 10.9 Å². The fourth-order valence-corrected chi connectivity index (χ4v) is 4.47. The molecule has 0 fully saturated rings. The van der Waals surface area contributed by atoms with E-state index >= 15 is 0 Å². The largest absolute Gasteiger partial charge is 0.497 e. The van der Waals surface area contributed by atoms with E-state index in [1.807, 2.05) is 47.9 Å². The summed E-state index contributed by atoms with van der Waals surface area (Å²) in [6, 6.07) is 16.1. The van der Waals surface area contributed by atoms with Gasteiger partial charge in [-0.3, -0.25) is 13.8 Å². The van der Waals surface area contributed by atoms with Gasteiger partial charge in [0.05, 0.1) is 19.8 Å². The van der Waals surface area contributed by atoms with Crippen LogP contribution < -0.4 is 14.8 Å². The molecule has 0 aliphatic rings. The van der Waals surface area contributed by atoms with E-state index in [2.05, 4.69) is 10.3 Å². The molecule has 0 aliphatic carbocycles. The van der Waals surface area contributed by atoms with Gasteiger partial charge >= 0.3 is 0 Å². The lowest BCUT2D eigenvalue weighted by Crippen LogP contribution is -2.23. The number of nitrogens with zero attached hydrogens (tertiary/aromatic N) is 2. The van der Waals surface area contributed by atoms with E-state index in [0.717, 1.165) is 16.0 Å². The number of anilines is 1. The van der Waals surface area contributed by atoms with Crippen LogP contribution in [0.4, 0.5) is 5.69 Å². The molecule has 1 unspecified atom stereocenters. The predicted molar refractivity (Wildman–Crippen MR) is 135 cm³/mol. The minimum absolute atomic E-state index is 0.309. The Morgan fingerprint density at radius 1 is 1.03 bits per heavy atom. The Morgan fingerprint density at radius 3 is 2.43 bits per heavy atom. The fraction of sp³-hybridized carbons (Fsp3) is 0.192. The summed E-state index contributed by atoms with van der Waals surface area (Å²) in [6.45, 7) is 2.29. The Balaban J connectivity index is 1.73. The van der Waals surface area contributed by atoms with Gasteiger partial charge in [0.1, 0.15) is 5.75 Å². The molecule has 1 atom stereocenters. The molecule has 0 aliphatic heterocycles. The first-order valence-electron chi connectivity index (χ1n) is 10.8. The van der Waals surface area contributed by atoms with Gasteiger partial charge in [0, 0.05) is 63.0 Å². The average Bonchev–Trinajstić information content (AvgIpc) is 3.14. The number of hydrogen-bond acceptors (Lipinski definition) is 6. The van der Waals surface area contributed by atoms with Crippen LogP contribution >= 0.6 is 0 Å². The number of amides is 1. The number of ether oxygens (including phenoxy) is 2. The second kappa shape index (κ2) is 10.1. The van der Waals surface area contributed by atoms with Crippen LogP contribution in [0.15, 0.2) is 65.7 Å². The molecule has 1 N–H and O–H groups in total. The highest BCUT2D eigenvalue weighted by Crippen LogP contribution is 2.31. The predicted octanol–water partition coefficient (Wildman–Crippen LogP) is 3.97. The van der Waals surface area contributed by atoms with Gasteiger partial charge in [0.15, 0.2) is 0 Å². The summed E-state index contributed by atoms with van der Waals surface area (Å²) in [5.41, 5.74) is 3.14. The van der Waals surface area contributed by atoms with Crippen LogP contribution in [-0.4, -0.2) is 45.9 Å². The fourth-order valence-electron chi connectivity index (χ4n) is 3.95. The number of pyridine rings is 1. The van der Waals surface area contributed by atoms with Gasteiger partial charge in [-0.15, -0.1) is 0 Å². The van der Waals surface area contributed by atoms with E-state index in [4.69, 9.17) is 9.47 Å². The quantitative estimate of drug-likeness (QED) is 0.296. The second-order valence-electron chi connectivity index (χ2n) is 7.90. The lowest BCUT2D eigenvalue weighted by Gasteiger charge is -2.10. The molecule has 0 bridgehead atoms. The lowest BCUT2D eigenvalue weighted by molar-refractivity contribution is -0.112. The maximum absolute atomic E-state index is 13.4. The van der Waals surface area contributed by atoms with Crippen molar-refractivity contribution in [2.75, 3.05) is 25.8 Å². The standard InChI is InChI=1S/C26H25N3O5S/c1-16-24(25(30)26(31)28-18-11-12-27-23(13-18)34-3)21-14-19(33-2)7-10-22(21)29(16)15-17-5-8-20(9-6-17)35(4)32/h5-14H,15H2,1-4H3,(H,27,28,31). The molecule has 4 rings (SSSR count). The molecule has 2 aromatic carbocycles. The number of carbonyl (C=O) groups is 2. The third-order valence-electron chi connectivity index (χ3n) is 5.76. The molecule has 1 amide bonds. The minimum Gasteiger partial charge on any atom is -0.497 e. The molecule has 180 valence electrons. The number of aromatic nitrogens is 2. The highest BCUT2D eigenvalue weighted by Gasteiger charge is 2.26. The van der Waals surface area contributed by atoms with Gasteiger partial charge in [0.2, 0.25) is 5.88 Å². The van der Waals surface area contributed by atoms with Crippen molar-refractivity contribution in [3.05, 3.63) is 77.6 Å². The third kappa shape index (κ3) is 4.95. The number of Topliss-reactive ketones (excluding diaryl/α,β-unsaturated/α-hetero) is 1. The first-order chi connectivity index (χ1) is 16.8. The Kier molecular flexibility index (Phi) is 6.97. The summed E-state index contributed by atoms with van der Waals surface area (Å²) in [5, 5.41) is 3.26. The molecule has 2 heterocycles. The molecule has 0 spiro atoms. The Bertz CT molecular complexity index is 1440. The number of methoxy groups -OCH3 is 2. The summed E-state index contributed by atoms with van der Waals surface area (Å²) in [6.07, 6.45) is 3.12. The first-order valence-corrected chi connectivity index (χ1v) is 12.3. The zero-order valence-corrected chi connectivity index (χ0v) is 20.6. The van der Waals surface area contributed by atoms with Crippen molar-refractivity contribution in [3.8, 4) is 11.6 Å². The van der Waals surface area contributed by atoms with Crippen LogP contribution in [0.5, 0.6) is 11.6 Å². The van der Waals surface area contributed by atoms with Crippen molar-refractivity contribution in [2.45, 2.75) is 18.4 Å². The topological polar surface area (TPSA) is 99.5 Å². The van der Waals surface area contributed by atoms with Crippen molar-refractivity contribution in [1.82, 2.24) is 9.55 Å². The molecule has 8 nitrogen and oxygen atoms in total. The number of fused-ring (bicyclic) bond motifs is 1. The highest BCUT2D eigenvalue weighted by molar-refractivity contribution is 7.84. The molecule has 0 radical (unpaired) electrons. The van der Waals surface area contributed by atoms with E-state index in [-0.39, 0.29) is 0 Å². The Hall–Kier alpha value is -3.98. The number of hydrogen-bond donors (Lipinski definition) is 1. The molecule has 9 heteroatoms. The monoisotopic (exact) mass is 491 g/mol.